The highest BCUT2D eigenvalue weighted by Gasteiger charge is 2.68. The van der Waals surface area contributed by atoms with Gasteiger partial charge in [0.15, 0.2) is 0 Å². The molecule has 4 atom stereocenters. The maximum atomic E-state index is 14.1. The normalized spacial score (nSPS) is 23.2. The fraction of sp³-hybridized carbons (Fsp3) is 0.171. The maximum Gasteiger partial charge on any atom is 0.325 e. The highest BCUT2D eigenvalue weighted by molar-refractivity contribution is 6.32. The van der Waals surface area contributed by atoms with Gasteiger partial charge >= 0.3 is 5.97 Å². The number of imide groups is 1. The molecule has 216 valence electrons. The van der Waals surface area contributed by atoms with E-state index < -0.39 is 41.2 Å². The topological polar surface area (TPSA) is 107 Å². The van der Waals surface area contributed by atoms with Gasteiger partial charge in [0.2, 0.25) is 11.8 Å². The number of phenolic OH excluding ortho intramolecular Hbond substituents is 1. The molecule has 0 spiro atoms. The van der Waals surface area contributed by atoms with E-state index in [1.807, 2.05) is 73.7 Å². The molecule has 0 aromatic heterocycles. The number of benzene rings is 4. The zero-order valence-electron chi connectivity index (χ0n) is 23.3. The third kappa shape index (κ3) is 5.11. The Hall–Kier alpha value is -4.72. The number of carboxylic acids is 1. The van der Waals surface area contributed by atoms with Gasteiger partial charge < -0.3 is 10.2 Å². The molecule has 3 N–H and O–H groups in total. The second-order valence-corrected chi connectivity index (χ2v) is 11.5. The molecule has 2 amide bonds. The molecule has 2 saturated heterocycles. The van der Waals surface area contributed by atoms with E-state index in [1.165, 1.54) is 12.1 Å². The van der Waals surface area contributed by atoms with Crippen molar-refractivity contribution < 1.29 is 24.6 Å². The number of aromatic hydroxyl groups is 1. The van der Waals surface area contributed by atoms with E-state index in [9.17, 15) is 24.6 Å². The Bertz CT molecular complexity index is 1740. The summed E-state index contributed by atoms with van der Waals surface area (Å²) < 4.78 is 0. The average molecular weight is 593 g/mol. The maximum absolute atomic E-state index is 14.1. The highest BCUT2D eigenvalue weighted by atomic mass is 35.5. The van der Waals surface area contributed by atoms with Gasteiger partial charge in [-0.1, -0.05) is 96.5 Å². The third-order valence-corrected chi connectivity index (χ3v) is 8.84. The molecule has 4 aromatic rings. The van der Waals surface area contributed by atoms with Gasteiger partial charge in [-0.05, 0) is 59.0 Å². The Balaban J connectivity index is 1.41. The average Bonchev–Trinajstić information content (AvgIpc) is 3.49. The van der Waals surface area contributed by atoms with Crippen LogP contribution in [0.5, 0.6) is 5.75 Å². The van der Waals surface area contributed by atoms with Crippen LogP contribution < -0.4 is 10.2 Å². The van der Waals surface area contributed by atoms with Crippen LogP contribution in [0.2, 0.25) is 5.02 Å². The summed E-state index contributed by atoms with van der Waals surface area (Å²) in [5, 5.41) is 24.2. The Morgan fingerprint density at radius 2 is 1.56 bits per heavy atom. The minimum Gasteiger partial charge on any atom is -0.508 e. The van der Waals surface area contributed by atoms with Crippen molar-refractivity contribution in [3.63, 3.8) is 0 Å². The quantitative estimate of drug-likeness (QED) is 0.178. The van der Waals surface area contributed by atoms with Gasteiger partial charge in [0.25, 0.3) is 0 Å². The first-order valence-electron chi connectivity index (χ1n) is 13.9. The first-order valence-corrected chi connectivity index (χ1v) is 14.3. The van der Waals surface area contributed by atoms with Crippen molar-refractivity contribution in [2.45, 2.75) is 24.9 Å². The van der Waals surface area contributed by atoms with Crippen LogP contribution in [-0.2, 0) is 20.8 Å². The third-order valence-electron chi connectivity index (χ3n) is 8.43. The lowest BCUT2D eigenvalue weighted by Crippen LogP contribution is -2.57. The predicted molar refractivity (Wildman–Crippen MR) is 166 cm³/mol. The van der Waals surface area contributed by atoms with Crippen LogP contribution >= 0.6 is 11.6 Å². The van der Waals surface area contributed by atoms with Gasteiger partial charge in [-0.15, -0.1) is 0 Å². The molecule has 4 aromatic carbocycles. The van der Waals surface area contributed by atoms with Gasteiger partial charge in [0.1, 0.15) is 11.3 Å². The number of rotatable bonds is 7. The van der Waals surface area contributed by atoms with Crippen molar-refractivity contribution in [1.29, 1.82) is 0 Å². The monoisotopic (exact) mass is 592 g/mol. The minimum atomic E-state index is -1.78. The van der Waals surface area contributed by atoms with E-state index in [0.717, 1.165) is 21.6 Å². The molecule has 2 aliphatic rings. The van der Waals surface area contributed by atoms with E-state index in [2.05, 4.69) is 5.32 Å². The molecule has 2 fully saturated rings. The Morgan fingerprint density at radius 3 is 2.19 bits per heavy atom. The molecule has 0 radical (unpaired) electrons. The second-order valence-electron chi connectivity index (χ2n) is 11.1. The Morgan fingerprint density at radius 1 is 0.907 bits per heavy atom. The molecule has 4 unspecified atom stereocenters. The predicted octanol–water partition coefficient (Wildman–Crippen LogP) is 6.04. The second kappa shape index (κ2) is 11.2. The van der Waals surface area contributed by atoms with E-state index >= 15 is 0 Å². The van der Waals surface area contributed by atoms with Crippen molar-refractivity contribution in [3.8, 4) is 5.75 Å². The molecule has 6 rings (SSSR count). The molecule has 43 heavy (non-hydrogen) atoms. The van der Waals surface area contributed by atoms with Crippen LogP contribution in [0, 0.1) is 18.8 Å². The van der Waals surface area contributed by atoms with Crippen LogP contribution in [0.15, 0.2) is 97.1 Å². The number of phenols is 1. The van der Waals surface area contributed by atoms with Gasteiger partial charge in [-0.25, -0.2) is 4.90 Å². The molecule has 0 bridgehead atoms. The van der Waals surface area contributed by atoms with Crippen molar-refractivity contribution in [2.24, 2.45) is 11.8 Å². The number of halogens is 1. The van der Waals surface area contributed by atoms with Crippen LogP contribution in [0.1, 0.15) is 33.9 Å². The molecule has 8 heteroatoms. The van der Waals surface area contributed by atoms with Crippen LogP contribution in [-0.4, -0.2) is 33.5 Å². The largest absolute Gasteiger partial charge is 0.508 e. The zero-order chi connectivity index (χ0) is 30.3. The van der Waals surface area contributed by atoms with E-state index in [1.54, 1.807) is 30.3 Å². The molecule has 0 aliphatic carbocycles. The fourth-order valence-corrected chi connectivity index (χ4v) is 6.38. The number of carbonyl (C=O) groups is 3. The number of aliphatic carboxylic acids is 1. The number of nitrogens with one attached hydrogen (secondary N) is 1. The highest BCUT2D eigenvalue weighted by Crippen LogP contribution is 2.51. The van der Waals surface area contributed by atoms with Gasteiger partial charge in [-0.2, -0.15) is 0 Å². The zero-order valence-corrected chi connectivity index (χ0v) is 24.0. The fourth-order valence-electron chi connectivity index (χ4n) is 6.21. The SMILES string of the molecule is Cc1ccc(N2C(=O)C3C(c4ccc(/C=C/c5ccccc5)cc4)NC(Cc4ccc(O)cc4)(C(=O)O)C3C2=O)cc1Cl. The summed E-state index contributed by atoms with van der Waals surface area (Å²) in [5.74, 6) is -4.41. The molecule has 2 aliphatic heterocycles. The molecule has 0 saturated carbocycles. The van der Waals surface area contributed by atoms with Crippen molar-refractivity contribution in [1.82, 2.24) is 5.32 Å². The first kappa shape index (κ1) is 28.4. The smallest absolute Gasteiger partial charge is 0.325 e. The number of nitrogens with zero attached hydrogens (tertiary/aromatic N) is 1. The molecule has 2 heterocycles. The molecular weight excluding hydrogens is 564 g/mol. The number of aryl methyl sites for hydroxylation is 1. The van der Waals surface area contributed by atoms with E-state index in [-0.39, 0.29) is 12.2 Å². The van der Waals surface area contributed by atoms with E-state index in [4.69, 9.17) is 11.6 Å². The summed E-state index contributed by atoms with van der Waals surface area (Å²) in [5.41, 5.74) is 2.60. The number of anilines is 1. The number of amides is 2. The summed E-state index contributed by atoms with van der Waals surface area (Å²) >= 11 is 6.36. The summed E-state index contributed by atoms with van der Waals surface area (Å²) in [6, 6.07) is 27.8. The summed E-state index contributed by atoms with van der Waals surface area (Å²) in [6.45, 7) is 1.82. The van der Waals surface area contributed by atoms with Gasteiger partial charge in [0, 0.05) is 17.5 Å². The molecule has 7 nitrogen and oxygen atoms in total. The Labute approximate surface area is 254 Å². The van der Waals surface area contributed by atoms with Crippen molar-refractivity contribution in [3.05, 3.63) is 130 Å². The van der Waals surface area contributed by atoms with Crippen molar-refractivity contribution in [2.75, 3.05) is 4.90 Å². The van der Waals surface area contributed by atoms with Gasteiger partial charge in [-0.3, -0.25) is 19.7 Å². The van der Waals surface area contributed by atoms with E-state index in [0.29, 0.717) is 21.8 Å². The standard InChI is InChI=1S/C35H29ClN2O5/c1-21-7-16-26(19-28(21)36)38-32(40)29-30(33(38)41)35(34(42)43,20-24-12-17-27(39)18-13-24)37-31(29)25-14-10-23(11-15-25)9-8-22-5-3-2-4-6-22/h2-19,29-31,37,39H,20H2,1H3,(H,42,43)/b9-8+. The summed E-state index contributed by atoms with van der Waals surface area (Å²) in [6.07, 6.45) is 3.90. The lowest BCUT2D eigenvalue weighted by Gasteiger charge is -2.31. The van der Waals surface area contributed by atoms with Gasteiger partial charge in [0.05, 0.1) is 17.5 Å². The summed E-state index contributed by atoms with van der Waals surface area (Å²) in [7, 11) is 0. The number of hydrogen-bond donors (Lipinski definition) is 3. The van der Waals surface area contributed by atoms with Crippen LogP contribution in [0.3, 0.4) is 0 Å². The lowest BCUT2D eigenvalue weighted by molar-refractivity contribution is -0.148. The number of hydrogen-bond acceptors (Lipinski definition) is 5. The number of carboxylic acid groups (broad SMARTS) is 1. The van der Waals surface area contributed by atoms with Crippen LogP contribution in [0.25, 0.3) is 12.2 Å². The Kier molecular flexibility index (Phi) is 7.38. The summed E-state index contributed by atoms with van der Waals surface area (Å²) in [4.78, 5) is 42.5. The number of carbonyl (C=O) groups excluding carboxylic acids is 2. The molecular formula is C35H29ClN2O5. The number of fused-ring (bicyclic) bond motifs is 1. The lowest BCUT2D eigenvalue weighted by atomic mass is 9.76. The minimum absolute atomic E-state index is 0.0409. The first-order chi connectivity index (χ1) is 20.7. The van der Waals surface area contributed by atoms with Crippen molar-refractivity contribution >= 4 is 47.2 Å². The van der Waals surface area contributed by atoms with Crippen LogP contribution in [0.4, 0.5) is 5.69 Å².